The summed E-state index contributed by atoms with van der Waals surface area (Å²) < 4.78 is 22.8. The van der Waals surface area contributed by atoms with Crippen molar-refractivity contribution in [3.05, 3.63) is 34.9 Å². The quantitative estimate of drug-likeness (QED) is 0.358. The molecule has 6 N–H and O–H groups in total. The number of rotatable bonds is 2. The van der Waals surface area contributed by atoms with E-state index in [0.29, 0.717) is 11.6 Å². The Morgan fingerprint density at radius 3 is 2.31 bits per heavy atom. The van der Waals surface area contributed by atoms with Crippen LogP contribution >= 0.6 is 11.6 Å². The van der Waals surface area contributed by atoms with E-state index in [2.05, 4.69) is 4.99 Å². The fourth-order valence-electron chi connectivity index (χ4n) is 0.803. The molecule has 0 saturated carbocycles. The van der Waals surface area contributed by atoms with E-state index in [4.69, 9.17) is 36.4 Å². The summed E-state index contributed by atoms with van der Waals surface area (Å²) >= 11 is 3.25. The molecule has 0 aliphatic heterocycles. The van der Waals surface area contributed by atoms with Gasteiger partial charge in [-0.2, -0.15) is 4.21 Å². The first-order chi connectivity index (χ1) is 7.43. The van der Waals surface area contributed by atoms with E-state index in [0.717, 1.165) is 5.56 Å². The SMILES string of the molecule is NC(N)=NCc1ccccc1Cl.O=S(O)O. The van der Waals surface area contributed by atoms with Gasteiger partial charge in [0.2, 0.25) is 0 Å². The average molecular weight is 266 g/mol. The Bertz CT molecular complexity index is 379. The smallest absolute Gasteiger partial charge is 0.299 e. The first-order valence-corrected chi connectivity index (χ1v) is 5.46. The lowest BCUT2D eigenvalue weighted by atomic mass is 10.2. The van der Waals surface area contributed by atoms with Crippen molar-refractivity contribution in [2.75, 3.05) is 0 Å². The van der Waals surface area contributed by atoms with E-state index in [9.17, 15) is 0 Å². The molecule has 0 radical (unpaired) electrons. The van der Waals surface area contributed by atoms with Crippen LogP contribution in [0, 0.1) is 0 Å². The van der Waals surface area contributed by atoms with E-state index < -0.39 is 11.4 Å². The molecular formula is C8H12ClN3O3S. The normalized spacial score (nSPS) is 9.25. The van der Waals surface area contributed by atoms with E-state index >= 15 is 0 Å². The molecule has 0 amide bonds. The second kappa shape index (κ2) is 8.05. The van der Waals surface area contributed by atoms with Gasteiger partial charge in [-0.05, 0) is 11.6 Å². The Hall–Kier alpha value is -1.15. The predicted octanol–water partition coefficient (Wildman–Crippen LogP) is 0.794. The Kier molecular flexibility index (Phi) is 7.48. The summed E-state index contributed by atoms with van der Waals surface area (Å²) in [5, 5.41) is 0.683. The highest BCUT2D eigenvalue weighted by Gasteiger charge is 1.95. The van der Waals surface area contributed by atoms with Crippen molar-refractivity contribution < 1.29 is 13.3 Å². The maximum absolute atomic E-state index is 8.67. The van der Waals surface area contributed by atoms with E-state index in [1.165, 1.54) is 0 Å². The lowest BCUT2D eigenvalue weighted by Gasteiger charge is -1.98. The molecule has 1 rings (SSSR count). The zero-order chi connectivity index (χ0) is 12.6. The second-order valence-corrected chi connectivity index (χ2v) is 3.43. The first-order valence-electron chi connectivity index (χ1n) is 4.02. The minimum absolute atomic E-state index is 0.0786. The van der Waals surface area contributed by atoms with Crippen LogP contribution in [-0.2, 0) is 17.9 Å². The summed E-state index contributed by atoms with van der Waals surface area (Å²) in [7, 11) is 0. The maximum Gasteiger partial charge on any atom is 0.299 e. The molecule has 0 aliphatic carbocycles. The molecule has 0 bridgehead atoms. The predicted molar refractivity (Wildman–Crippen MR) is 64.4 cm³/mol. The minimum atomic E-state index is -2.61. The van der Waals surface area contributed by atoms with Gasteiger partial charge in [-0.25, -0.2) is 4.99 Å². The molecule has 0 fully saturated rings. The highest BCUT2D eigenvalue weighted by molar-refractivity contribution is 7.73. The number of halogens is 1. The van der Waals surface area contributed by atoms with Crippen LogP contribution in [0.2, 0.25) is 5.02 Å². The maximum atomic E-state index is 8.67. The number of nitrogens with zero attached hydrogens (tertiary/aromatic N) is 1. The third-order valence-corrected chi connectivity index (χ3v) is 1.76. The topological polar surface area (TPSA) is 122 Å². The van der Waals surface area contributed by atoms with Crippen LogP contribution in [0.3, 0.4) is 0 Å². The molecule has 90 valence electrons. The molecule has 1 aromatic carbocycles. The molecule has 0 aromatic heterocycles. The van der Waals surface area contributed by atoms with Gasteiger partial charge in [-0.15, -0.1) is 0 Å². The van der Waals surface area contributed by atoms with Gasteiger partial charge in [0, 0.05) is 5.02 Å². The van der Waals surface area contributed by atoms with Gasteiger partial charge in [0.15, 0.2) is 5.96 Å². The number of hydrogen-bond acceptors (Lipinski definition) is 2. The van der Waals surface area contributed by atoms with E-state index in [-0.39, 0.29) is 5.96 Å². The number of hydrogen-bond donors (Lipinski definition) is 4. The van der Waals surface area contributed by atoms with Crippen LogP contribution in [0.25, 0.3) is 0 Å². The summed E-state index contributed by atoms with van der Waals surface area (Å²) in [4.78, 5) is 3.84. The molecule has 16 heavy (non-hydrogen) atoms. The van der Waals surface area contributed by atoms with Crippen LogP contribution in [0.15, 0.2) is 29.3 Å². The van der Waals surface area contributed by atoms with Crippen molar-refractivity contribution in [1.29, 1.82) is 0 Å². The summed E-state index contributed by atoms with van der Waals surface area (Å²) in [6.07, 6.45) is 0. The van der Waals surface area contributed by atoms with E-state index in [1.54, 1.807) is 6.07 Å². The Morgan fingerprint density at radius 2 is 1.88 bits per heavy atom. The zero-order valence-corrected chi connectivity index (χ0v) is 9.78. The standard InChI is InChI=1S/C8H10ClN3.H2O3S/c9-7-4-2-1-3-6(7)5-12-8(10)11;1-4(2)3/h1-4H,5H2,(H4,10,11,12);(H2,1,2,3). The van der Waals surface area contributed by atoms with Gasteiger partial charge in [0.25, 0.3) is 11.4 Å². The van der Waals surface area contributed by atoms with Crippen molar-refractivity contribution in [3.8, 4) is 0 Å². The van der Waals surface area contributed by atoms with Crippen molar-refractivity contribution in [2.45, 2.75) is 6.54 Å². The summed E-state index contributed by atoms with van der Waals surface area (Å²) in [5.41, 5.74) is 11.3. The summed E-state index contributed by atoms with van der Waals surface area (Å²) in [5.74, 6) is 0.0786. The molecular weight excluding hydrogens is 254 g/mol. The molecule has 8 heteroatoms. The van der Waals surface area contributed by atoms with Crippen molar-refractivity contribution in [1.82, 2.24) is 0 Å². The van der Waals surface area contributed by atoms with Crippen LogP contribution < -0.4 is 11.5 Å². The molecule has 0 atom stereocenters. The summed E-state index contributed by atoms with van der Waals surface area (Å²) in [6.45, 7) is 0.433. The average Bonchev–Trinajstić information content (AvgIpc) is 2.15. The third kappa shape index (κ3) is 8.18. The molecule has 0 aliphatic rings. The number of aliphatic imine (C=N–C) groups is 1. The lowest BCUT2D eigenvalue weighted by Crippen LogP contribution is -2.22. The summed E-state index contributed by atoms with van der Waals surface area (Å²) in [6, 6.07) is 7.44. The van der Waals surface area contributed by atoms with Crippen LogP contribution in [0.5, 0.6) is 0 Å². The molecule has 0 unspecified atom stereocenters. The Morgan fingerprint density at radius 1 is 1.38 bits per heavy atom. The van der Waals surface area contributed by atoms with Crippen molar-refractivity contribution >= 4 is 28.9 Å². The van der Waals surface area contributed by atoms with Gasteiger partial charge in [-0.1, -0.05) is 29.8 Å². The van der Waals surface area contributed by atoms with Gasteiger partial charge in [0.05, 0.1) is 6.54 Å². The Balaban J connectivity index is 0.000000487. The second-order valence-electron chi connectivity index (χ2n) is 2.56. The fourth-order valence-corrected chi connectivity index (χ4v) is 0.999. The van der Waals surface area contributed by atoms with Gasteiger partial charge in [0.1, 0.15) is 0 Å². The molecule has 0 saturated heterocycles. The molecule has 0 spiro atoms. The van der Waals surface area contributed by atoms with Crippen molar-refractivity contribution in [3.63, 3.8) is 0 Å². The zero-order valence-electron chi connectivity index (χ0n) is 8.21. The van der Waals surface area contributed by atoms with E-state index in [1.807, 2.05) is 18.2 Å². The number of nitrogens with two attached hydrogens (primary N) is 2. The molecule has 0 heterocycles. The van der Waals surface area contributed by atoms with Gasteiger partial charge < -0.3 is 11.5 Å². The minimum Gasteiger partial charge on any atom is -0.370 e. The lowest BCUT2D eigenvalue weighted by molar-refractivity contribution is 0.454. The highest BCUT2D eigenvalue weighted by atomic mass is 35.5. The van der Waals surface area contributed by atoms with Crippen molar-refractivity contribution in [2.24, 2.45) is 16.5 Å². The third-order valence-electron chi connectivity index (χ3n) is 1.39. The fraction of sp³-hybridized carbons (Fsp3) is 0.125. The van der Waals surface area contributed by atoms with Gasteiger partial charge >= 0.3 is 0 Å². The van der Waals surface area contributed by atoms with Crippen LogP contribution in [0.1, 0.15) is 5.56 Å². The molecule has 6 nitrogen and oxygen atoms in total. The first kappa shape index (κ1) is 14.8. The number of benzene rings is 1. The highest BCUT2D eigenvalue weighted by Crippen LogP contribution is 2.15. The Labute approximate surface area is 100 Å². The molecule has 1 aromatic rings. The van der Waals surface area contributed by atoms with Crippen LogP contribution in [0.4, 0.5) is 0 Å². The van der Waals surface area contributed by atoms with Crippen LogP contribution in [-0.4, -0.2) is 19.3 Å². The number of guanidine groups is 1. The monoisotopic (exact) mass is 265 g/mol. The largest absolute Gasteiger partial charge is 0.370 e. The van der Waals surface area contributed by atoms with Gasteiger partial charge in [-0.3, -0.25) is 9.11 Å².